The van der Waals surface area contributed by atoms with Gasteiger partial charge in [-0.3, -0.25) is 13.9 Å². The summed E-state index contributed by atoms with van der Waals surface area (Å²) in [5.74, 6) is -0.886. The van der Waals surface area contributed by atoms with Crippen molar-refractivity contribution >= 4 is 39.1 Å². The maximum Gasteiger partial charge on any atom is 0.244 e. The minimum atomic E-state index is -3.78. The minimum Gasteiger partial charge on any atom is -0.357 e. The molecule has 3 rings (SSSR count). The van der Waals surface area contributed by atoms with E-state index in [1.807, 2.05) is 30.3 Å². The molecule has 7 nitrogen and oxygen atoms in total. The smallest absolute Gasteiger partial charge is 0.244 e. The SMILES string of the molecule is CNC(=O)[C@H](Cc1ccccc1)N(Cc1ccccc1Cl)C(=O)CN(c1ccccc1)S(C)(=O)=O. The molecule has 1 atom stereocenters. The molecule has 9 heteroatoms. The Morgan fingerprint density at radius 3 is 2.06 bits per heavy atom. The highest BCUT2D eigenvalue weighted by molar-refractivity contribution is 7.92. The van der Waals surface area contributed by atoms with Crippen molar-refractivity contribution < 1.29 is 18.0 Å². The molecule has 184 valence electrons. The number of anilines is 1. The third-order valence-corrected chi connectivity index (χ3v) is 7.05. The summed E-state index contributed by atoms with van der Waals surface area (Å²) < 4.78 is 26.3. The monoisotopic (exact) mass is 513 g/mol. The molecular formula is C26H28ClN3O4S. The highest BCUT2D eigenvalue weighted by atomic mass is 35.5. The maximum absolute atomic E-state index is 13.7. The zero-order valence-corrected chi connectivity index (χ0v) is 21.2. The molecular weight excluding hydrogens is 486 g/mol. The van der Waals surface area contributed by atoms with E-state index < -0.39 is 28.5 Å². The van der Waals surface area contributed by atoms with E-state index in [9.17, 15) is 18.0 Å². The Labute approximate surface area is 211 Å². The zero-order chi connectivity index (χ0) is 25.4. The highest BCUT2D eigenvalue weighted by Gasteiger charge is 2.32. The molecule has 0 fully saturated rings. The average Bonchev–Trinajstić information content (AvgIpc) is 2.85. The van der Waals surface area contributed by atoms with Gasteiger partial charge >= 0.3 is 0 Å². The van der Waals surface area contributed by atoms with E-state index in [4.69, 9.17) is 11.6 Å². The van der Waals surface area contributed by atoms with Crippen molar-refractivity contribution in [2.24, 2.45) is 0 Å². The summed E-state index contributed by atoms with van der Waals surface area (Å²) in [6.07, 6.45) is 1.30. The van der Waals surface area contributed by atoms with Crippen LogP contribution in [0.25, 0.3) is 0 Å². The Bertz CT molecular complexity index is 1250. The van der Waals surface area contributed by atoms with E-state index in [1.165, 1.54) is 11.9 Å². The van der Waals surface area contributed by atoms with Gasteiger partial charge in [0, 0.05) is 25.0 Å². The van der Waals surface area contributed by atoms with Crippen LogP contribution in [0.1, 0.15) is 11.1 Å². The van der Waals surface area contributed by atoms with Crippen LogP contribution >= 0.6 is 11.6 Å². The standard InChI is InChI=1S/C26H28ClN3O4S/c1-28-26(32)24(17-20-11-5-3-6-12-20)29(18-21-13-9-10-16-23(21)27)25(31)19-30(35(2,33)34)22-14-7-4-8-15-22/h3-16,24H,17-19H2,1-2H3,(H,28,32)/t24-/m0/s1. The van der Waals surface area contributed by atoms with Crippen LogP contribution in [0.3, 0.4) is 0 Å². The molecule has 0 aliphatic rings. The van der Waals surface area contributed by atoms with Crippen molar-refractivity contribution in [3.05, 3.63) is 101 Å². The summed E-state index contributed by atoms with van der Waals surface area (Å²) in [6, 6.07) is 23.9. The average molecular weight is 514 g/mol. The van der Waals surface area contributed by atoms with Crippen molar-refractivity contribution in [2.45, 2.75) is 19.0 Å². The molecule has 1 N–H and O–H groups in total. The van der Waals surface area contributed by atoms with Gasteiger partial charge < -0.3 is 10.2 Å². The first-order valence-corrected chi connectivity index (χ1v) is 13.2. The van der Waals surface area contributed by atoms with E-state index in [2.05, 4.69) is 5.32 Å². The Hall–Kier alpha value is -3.36. The Kier molecular flexibility index (Phi) is 8.89. The van der Waals surface area contributed by atoms with Gasteiger partial charge in [0.25, 0.3) is 0 Å². The van der Waals surface area contributed by atoms with Crippen LogP contribution in [-0.2, 0) is 32.6 Å². The number of nitrogens with one attached hydrogen (secondary N) is 1. The predicted molar refractivity (Wildman–Crippen MR) is 139 cm³/mol. The molecule has 0 aliphatic carbocycles. The van der Waals surface area contributed by atoms with Crippen LogP contribution in [0, 0.1) is 0 Å². The van der Waals surface area contributed by atoms with Gasteiger partial charge in [-0.05, 0) is 29.3 Å². The van der Waals surface area contributed by atoms with Gasteiger partial charge in [-0.1, -0.05) is 78.3 Å². The second-order valence-electron chi connectivity index (χ2n) is 8.04. The quantitative estimate of drug-likeness (QED) is 0.449. The summed E-state index contributed by atoms with van der Waals surface area (Å²) >= 11 is 6.38. The molecule has 3 aromatic carbocycles. The molecule has 0 radical (unpaired) electrons. The van der Waals surface area contributed by atoms with Crippen LogP contribution in [0.5, 0.6) is 0 Å². The van der Waals surface area contributed by atoms with Gasteiger partial charge in [0.2, 0.25) is 21.8 Å². The van der Waals surface area contributed by atoms with Crippen LogP contribution in [0.15, 0.2) is 84.9 Å². The second-order valence-corrected chi connectivity index (χ2v) is 10.4. The number of amides is 2. The molecule has 2 amide bonds. The number of sulfonamides is 1. The molecule has 0 aliphatic heterocycles. The topological polar surface area (TPSA) is 86.8 Å². The van der Waals surface area contributed by atoms with Crippen molar-refractivity contribution in [2.75, 3.05) is 24.2 Å². The Morgan fingerprint density at radius 2 is 1.49 bits per heavy atom. The van der Waals surface area contributed by atoms with E-state index in [0.29, 0.717) is 16.3 Å². The van der Waals surface area contributed by atoms with E-state index in [-0.39, 0.29) is 18.9 Å². The number of hydrogen-bond acceptors (Lipinski definition) is 4. The summed E-state index contributed by atoms with van der Waals surface area (Å²) in [5.41, 5.74) is 1.87. The van der Waals surface area contributed by atoms with Crippen molar-refractivity contribution in [1.82, 2.24) is 10.2 Å². The van der Waals surface area contributed by atoms with Crippen LogP contribution < -0.4 is 9.62 Å². The van der Waals surface area contributed by atoms with Gasteiger partial charge in [-0.2, -0.15) is 0 Å². The fraction of sp³-hybridized carbons (Fsp3) is 0.231. The number of carbonyl (C=O) groups is 2. The molecule has 0 unspecified atom stereocenters. The molecule has 0 bridgehead atoms. The van der Waals surface area contributed by atoms with Crippen molar-refractivity contribution in [3.63, 3.8) is 0 Å². The number of halogens is 1. The number of para-hydroxylation sites is 1. The Balaban J connectivity index is 2.02. The lowest BCUT2D eigenvalue weighted by Gasteiger charge is -2.33. The maximum atomic E-state index is 13.7. The minimum absolute atomic E-state index is 0.0375. The van der Waals surface area contributed by atoms with Crippen LogP contribution in [-0.4, -0.2) is 51.0 Å². The lowest BCUT2D eigenvalue weighted by Crippen LogP contribution is -2.52. The first-order chi connectivity index (χ1) is 16.7. The van der Waals surface area contributed by atoms with Crippen LogP contribution in [0.2, 0.25) is 5.02 Å². The summed E-state index contributed by atoms with van der Waals surface area (Å²) in [6.45, 7) is -0.425. The first kappa shape index (κ1) is 26.2. The van der Waals surface area contributed by atoms with Gasteiger partial charge in [-0.25, -0.2) is 8.42 Å². The molecule has 0 saturated heterocycles. The normalized spacial score (nSPS) is 12.0. The molecule has 0 aromatic heterocycles. The lowest BCUT2D eigenvalue weighted by atomic mass is 10.0. The van der Waals surface area contributed by atoms with Gasteiger partial charge in [0.1, 0.15) is 12.6 Å². The lowest BCUT2D eigenvalue weighted by molar-refractivity contribution is -0.139. The summed E-state index contributed by atoms with van der Waals surface area (Å²) in [7, 11) is -2.27. The number of benzene rings is 3. The third-order valence-electron chi connectivity index (χ3n) is 5.54. The van der Waals surface area contributed by atoms with Crippen molar-refractivity contribution in [3.8, 4) is 0 Å². The fourth-order valence-electron chi connectivity index (χ4n) is 3.74. The van der Waals surface area contributed by atoms with Crippen molar-refractivity contribution in [1.29, 1.82) is 0 Å². The molecule has 35 heavy (non-hydrogen) atoms. The van der Waals surface area contributed by atoms with Crippen LogP contribution in [0.4, 0.5) is 5.69 Å². The number of hydrogen-bond donors (Lipinski definition) is 1. The fourth-order valence-corrected chi connectivity index (χ4v) is 4.78. The van der Waals surface area contributed by atoms with Gasteiger partial charge in [0.15, 0.2) is 0 Å². The summed E-state index contributed by atoms with van der Waals surface area (Å²) in [4.78, 5) is 28.2. The van der Waals surface area contributed by atoms with Gasteiger partial charge in [0.05, 0.1) is 11.9 Å². The molecule has 0 heterocycles. The van der Waals surface area contributed by atoms with E-state index >= 15 is 0 Å². The van der Waals surface area contributed by atoms with E-state index in [0.717, 1.165) is 16.1 Å². The largest absolute Gasteiger partial charge is 0.357 e. The zero-order valence-electron chi connectivity index (χ0n) is 19.6. The summed E-state index contributed by atoms with van der Waals surface area (Å²) in [5, 5.41) is 3.09. The Morgan fingerprint density at radius 1 is 0.914 bits per heavy atom. The molecule has 3 aromatic rings. The third kappa shape index (κ3) is 7.07. The highest BCUT2D eigenvalue weighted by Crippen LogP contribution is 2.22. The number of likely N-dealkylation sites (N-methyl/N-ethyl adjacent to an activating group) is 1. The second kappa shape index (κ2) is 11.9. The van der Waals surface area contributed by atoms with E-state index in [1.54, 1.807) is 54.6 Å². The van der Waals surface area contributed by atoms with Gasteiger partial charge in [-0.15, -0.1) is 0 Å². The first-order valence-electron chi connectivity index (χ1n) is 11.0. The number of rotatable bonds is 10. The number of carbonyl (C=O) groups excluding carboxylic acids is 2. The number of nitrogens with zero attached hydrogens (tertiary/aromatic N) is 2. The molecule has 0 spiro atoms. The predicted octanol–water partition coefficient (Wildman–Crippen LogP) is 3.49. The molecule has 0 saturated carbocycles.